The van der Waals surface area contributed by atoms with E-state index in [9.17, 15) is 9.59 Å². The Morgan fingerprint density at radius 2 is 1.90 bits per heavy atom. The van der Waals surface area contributed by atoms with E-state index in [1.54, 1.807) is 28.3 Å². The standard InChI is InChI=1S/C14H12N2O3S/c1-15-10-4-2-3-5-11(10)16(14(15)19)8-9-6-7-12(20-9)13(17)18/h2-7H,8H2,1H3,(H,17,18). The summed E-state index contributed by atoms with van der Waals surface area (Å²) in [6.45, 7) is 0.387. The van der Waals surface area contributed by atoms with Gasteiger partial charge < -0.3 is 5.11 Å². The van der Waals surface area contributed by atoms with Gasteiger partial charge in [0.1, 0.15) is 4.88 Å². The first-order valence-corrected chi connectivity index (χ1v) is 6.86. The van der Waals surface area contributed by atoms with Gasteiger partial charge in [0, 0.05) is 11.9 Å². The summed E-state index contributed by atoms with van der Waals surface area (Å²) < 4.78 is 3.26. The molecule has 3 rings (SSSR count). The second-order valence-electron chi connectivity index (χ2n) is 4.49. The first kappa shape index (κ1) is 12.7. The summed E-state index contributed by atoms with van der Waals surface area (Å²) in [5.41, 5.74) is 1.62. The highest BCUT2D eigenvalue weighted by molar-refractivity contribution is 7.13. The van der Waals surface area contributed by atoms with E-state index in [2.05, 4.69) is 0 Å². The number of aryl methyl sites for hydroxylation is 1. The van der Waals surface area contributed by atoms with Crippen molar-refractivity contribution in [1.82, 2.24) is 9.13 Å². The molecule has 1 N–H and O–H groups in total. The molecule has 20 heavy (non-hydrogen) atoms. The molecule has 0 unspecified atom stereocenters. The molecule has 0 aliphatic heterocycles. The molecule has 3 aromatic rings. The van der Waals surface area contributed by atoms with Crippen molar-refractivity contribution in [2.75, 3.05) is 0 Å². The van der Waals surface area contributed by atoms with E-state index in [4.69, 9.17) is 5.11 Å². The van der Waals surface area contributed by atoms with Crippen molar-refractivity contribution in [3.63, 3.8) is 0 Å². The van der Waals surface area contributed by atoms with Gasteiger partial charge in [0.05, 0.1) is 17.6 Å². The summed E-state index contributed by atoms with van der Waals surface area (Å²) in [6, 6.07) is 10.9. The summed E-state index contributed by atoms with van der Waals surface area (Å²) in [5, 5.41) is 8.93. The van der Waals surface area contributed by atoms with Crippen molar-refractivity contribution >= 4 is 28.3 Å². The van der Waals surface area contributed by atoms with E-state index >= 15 is 0 Å². The Morgan fingerprint density at radius 1 is 1.20 bits per heavy atom. The van der Waals surface area contributed by atoms with Gasteiger partial charge in [-0.3, -0.25) is 9.13 Å². The maximum absolute atomic E-state index is 12.2. The normalized spacial score (nSPS) is 11.1. The van der Waals surface area contributed by atoms with Crippen molar-refractivity contribution in [2.45, 2.75) is 6.54 Å². The number of fused-ring (bicyclic) bond motifs is 1. The van der Waals surface area contributed by atoms with Gasteiger partial charge in [0.25, 0.3) is 0 Å². The summed E-state index contributed by atoms with van der Waals surface area (Å²) in [6.07, 6.45) is 0. The molecular weight excluding hydrogens is 276 g/mol. The molecule has 0 aliphatic carbocycles. The van der Waals surface area contributed by atoms with Gasteiger partial charge in [-0.25, -0.2) is 9.59 Å². The van der Waals surface area contributed by atoms with Gasteiger partial charge in [0.15, 0.2) is 0 Å². The number of aromatic carboxylic acids is 1. The monoisotopic (exact) mass is 288 g/mol. The van der Waals surface area contributed by atoms with E-state index in [1.165, 1.54) is 11.3 Å². The lowest BCUT2D eigenvalue weighted by Crippen LogP contribution is -2.22. The second-order valence-corrected chi connectivity index (χ2v) is 5.66. The molecule has 2 aromatic heterocycles. The number of hydrogen-bond donors (Lipinski definition) is 1. The van der Waals surface area contributed by atoms with Crippen molar-refractivity contribution in [3.05, 3.63) is 56.6 Å². The highest BCUT2D eigenvalue weighted by Gasteiger charge is 2.12. The zero-order valence-electron chi connectivity index (χ0n) is 10.7. The van der Waals surface area contributed by atoms with Gasteiger partial charge in [-0.15, -0.1) is 11.3 Å². The van der Waals surface area contributed by atoms with Crippen LogP contribution in [0.2, 0.25) is 0 Å². The Hall–Kier alpha value is -2.34. The van der Waals surface area contributed by atoms with Gasteiger partial charge in [-0.05, 0) is 24.3 Å². The number of nitrogens with zero attached hydrogens (tertiary/aromatic N) is 2. The Balaban J connectivity index is 2.08. The van der Waals surface area contributed by atoms with E-state index in [1.807, 2.05) is 24.3 Å². The Bertz CT molecular complexity index is 857. The highest BCUT2D eigenvalue weighted by Crippen LogP contribution is 2.19. The topological polar surface area (TPSA) is 64.2 Å². The molecule has 0 spiro atoms. The van der Waals surface area contributed by atoms with Crippen LogP contribution in [0, 0.1) is 0 Å². The molecule has 0 saturated carbocycles. The average molecular weight is 288 g/mol. The smallest absolute Gasteiger partial charge is 0.345 e. The molecule has 2 heterocycles. The molecule has 6 heteroatoms. The van der Waals surface area contributed by atoms with E-state index in [0.717, 1.165) is 15.9 Å². The molecule has 0 radical (unpaired) electrons. The zero-order valence-corrected chi connectivity index (χ0v) is 11.6. The summed E-state index contributed by atoms with van der Waals surface area (Å²) in [5.74, 6) is -0.938. The van der Waals surface area contributed by atoms with Crippen molar-refractivity contribution in [3.8, 4) is 0 Å². The fraction of sp³-hybridized carbons (Fsp3) is 0.143. The Kier molecular flexibility index (Phi) is 2.94. The van der Waals surface area contributed by atoms with Crippen LogP contribution >= 0.6 is 11.3 Å². The lowest BCUT2D eigenvalue weighted by atomic mass is 10.3. The number of para-hydroxylation sites is 2. The Morgan fingerprint density at radius 3 is 2.55 bits per heavy atom. The van der Waals surface area contributed by atoms with E-state index in [0.29, 0.717) is 6.54 Å². The number of carbonyl (C=O) groups is 1. The lowest BCUT2D eigenvalue weighted by molar-refractivity contribution is 0.0702. The highest BCUT2D eigenvalue weighted by atomic mass is 32.1. The third-order valence-corrected chi connectivity index (χ3v) is 4.30. The average Bonchev–Trinajstić information content (AvgIpc) is 3.00. The van der Waals surface area contributed by atoms with Crippen molar-refractivity contribution in [1.29, 1.82) is 0 Å². The van der Waals surface area contributed by atoms with Crippen LogP contribution in [0.4, 0.5) is 0 Å². The number of carboxylic acid groups (broad SMARTS) is 1. The quantitative estimate of drug-likeness (QED) is 0.803. The van der Waals surface area contributed by atoms with Crippen LogP contribution in [0.3, 0.4) is 0 Å². The maximum atomic E-state index is 12.2. The summed E-state index contributed by atoms with van der Waals surface area (Å²) in [7, 11) is 1.73. The Labute approximate surface area is 118 Å². The number of imidazole rings is 1. The molecular formula is C14H12N2O3S. The largest absolute Gasteiger partial charge is 0.477 e. The number of carboxylic acids is 1. The maximum Gasteiger partial charge on any atom is 0.345 e. The van der Waals surface area contributed by atoms with Crippen LogP contribution in [0.1, 0.15) is 14.5 Å². The molecule has 0 saturated heterocycles. The van der Waals surface area contributed by atoms with Gasteiger partial charge >= 0.3 is 11.7 Å². The number of rotatable bonds is 3. The van der Waals surface area contributed by atoms with Crippen LogP contribution < -0.4 is 5.69 Å². The molecule has 1 aromatic carbocycles. The molecule has 5 nitrogen and oxygen atoms in total. The third-order valence-electron chi connectivity index (χ3n) is 3.24. The van der Waals surface area contributed by atoms with E-state index < -0.39 is 5.97 Å². The third kappa shape index (κ3) is 1.94. The van der Waals surface area contributed by atoms with Crippen LogP contribution in [0.5, 0.6) is 0 Å². The van der Waals surface area contributed by atoms with Crippen LogP contribution in [0.15, 0.2) is 41.2 Å². The fourth-order valence-corrected chi connectivity index (χ4v) is 3.09. The minimum atomic E-state index is -0.938. The molecule has 0 atom stereocenters. The predicted octanol–water partition coefficient (Wildman–Crippen LogP) is 2.15. The molecule has 102 valence electrons. The molecule has 0 fully saturated rings. The second kappa shape index (κ2) is 4.64. The number of aromatic nitrogens is 2. The van der Waals surface area contributed by atoms with E-state index in [-0.39, 0.29) is 10.6 Å². The minimum Gasteiger partial charge on any atom is -0.477 e. The van der Waals surface area contributed by atoms with Gasteiger partial charge in [-0.2, -0.15) is 0 Å². The van der Waals surface area contributed by atoms with Crippen LogP contribution in [0.25, 0.3) is 11.0 Å². The van der Waals surface area contributed by atoms with Crippen LogP contribution in [-0.4, -0.2) is 20.2 Å². The lowest BCUT2D eigenvalue weighted by Gasteiger charge is -2.00. The number of benzene rings is 1. The first-order chi connectivity index (χ1) is 9.58. The zero-order chi connectivity index (χ0) is 14.3. The summed E-state index contributed by atoms with van der Waals surface area (Å²) in [4.78, 5) is 24.3. The molecule has 0 aliphatic rings. The van der Waals surface area contributed by atoms with Crippen molar-refractivity contribution in [2.24, 2.45) is 7.05 Å². The van der Waals surface area contributed by atoms with Gasteiger partial charge in [-0.1, -0.05) is 12.1 Å². The first-order valence-electron chi connectivity index (χ1n) is 6.04. The van der Waals surface area contributed by atoms with Crippen LogP contribution in [-0.2, 0) is 13.6 Å². The minimum absolute atomic E-state index is 0.100. The molecule has 0 amide bonds. The molecule has 0 bridgehead atoms. The fourth-order valence-electron chi connectivity index (χ4n) is 2.25. The summed E-state index contributed by atoms with van der Waals surface area (Å²) >= 11 is 1.19. The number of thiophene rings is 1. The SMILES string of the molecule is Cn1c(=O)n(Cc2ccc(C(=O)O)s2)c2ccccc21. The van der Waals surface area contributed by atoms with Crippen molar-refractivity contribution < 1.29 is 9.90 Å². The number of hydrogen-bond acceptors (Lipinski definition) is 3. The van der Waals surface area contributed by atoms with Gasteiger partial charge in [0.2, 0.25) is 0 Å². The predicted molar refractivity (Wildman–Crippen MR) is 77.6 cm³/mol.